The van der Waals surface area contributed by atoms with Crippen LogP contribution < -0.4 is 5.32 Å². The number of halogens is 1. The number of likely N-dealkylation sites (N-methyl/N-ethyl adjacent to an activating group) is 1. The molecule has 3 aromatic rings. The van der Waals surface area contributed by atoms with Crippen molar-refractivity contribution in [3.05, 3.63) is 59.8 Å². The van der Waals surface area contributed by atoms with Gasteiger partial charge in [0.2, 0.25) is 0 Å². The highest BCUT2D eigenvalue weighted by molar-refractivity contribution is 5.67. The van der Waals surface area contributed by atoms with Crippen molar-refractivity contribution < 1.29 is 4.39 Å². The van der Waals surface area contributed by atoms with Crippen LogP contribution in [0.5, 0.6) is 0 Å². The van der Waals surface area contributed by atoms with Crippen LogP contribution in [-0.2, 0) is 0 Å². The average molecular weight is 313 g/mol. The summed E-state index contributed by atoms with van der Waals surface area (Å²) in [6.07, 6.45) is 3.56. The molecule has 0 aliphatic carbocycles. The molecule has 0 amide bonds. The SMILES string of the molecule is Cc1cc2c(NCC(c3ccc(F)cc3)N(C)C)nccn2n1. The van der Waals surface area contributed by atoms with Crippen molar-refractivity contribution in [2.24, 2.45) is 0 Å². The number of anilines is 1. The Morgan fingerprint density at radius 3 is 2.70 bits per heavy atom. The lowest BCUT2D eigenvalue weighted by Gasteiger charge is -2.25. The van der Waals surface area contributed by atoms with E-state index in [1.54, 1.807) is 6.20 Å². The summed E-state index contributed by atoms with van der Waals surface area (Å²) >= 11 is 0. The van der Waals surface area contributed by atoms with Gasteiger partial charge in [-0.15, -0.1) is 0 Å². The standard InChI is InChI=1S/C17H20FN5/c1-12-10-15-17(19-8-9-23(15)21-12)20-11-16(22(2)3)13-4-6-14(18)7-5-13/h4-10,16H,11H2,1-3H3,(H,19,20). The van der Waals surface area contributed by atoms with Gasteiger partial charge in [0.05, 0.1) is 11.7 Å². The van der Waals surface area contributed by atoms with Crippen molar-refractivity contribution in [1.82, 2.24) is 19.5 Å². The highest BCUT2D eigenvalue weighted by Gasteiger charge is 2.15. The van der Waals surface area contributed by atoms with Gasteiger partial charge >= 0.3 is 0 Å². The lowest BCUT2D eigenvalue weighted by atomic mass is 10.1. The molecule has 2 aromatic heterocycles. The predicted octanol–water partition coefficient (Wildman–Crippen LogP) is 2.89. The summed E-state index contributed by atoms with van der Waals surface area (Å²) < 4.78 is 14.9. The quantitative estimate of drug-likeness (QED) is 0.787. The predicted molar refractivity (Wildman–Crippen MR) is 89.0 cm³/mol. The van der Waals surface area contributed by atoms with Gasteiger partial charge in [-0.2, -0.15) is 5.10 Å². The molecular weight excluding hydrogens is 293 g/mol. The molecule has 1 atom stereocenters. The third-order valence-corrected chi connectivity index (χ3v) is 3.85. The Bertz CT molecular complexity index is 794. The molecule has 0 saturated carbocycles. The number of aromatic nitrogens is 3. The monoisotopic (exact) mass is 313 g/mol. The van der Waals surface area contributed by atoms with Crippen molar-refractivity contribution in [3.63, 3.8) is 0 Å². The van der Waals surface area contributed by atoms with Gasteiger partial charge < -0.3 is 10.2 Å². The zero-order valence-electron chi connectivity index (χ0n) is 13.5. The first kappa shape index (κ1) is 15.4. The van der Waals surface area contributed by atoms with Gasteiger partial charge in [0.1, 0.15) is 11.3 Å². The first-order valence-electron chi connectivity index (χ1n) is 7.51. The second-order valence-electron chi connectivity index (χ2n) is 5.80. The van der Waals surface area contributed by atoms with Crippen LogP contribution in [0.2, 0.25) is 0 Å². The van der Waals surface area contributed by atoms with Gasteiger partial charge in [0.15, 0.2) is 5.82 Å². The molecule has 3 rings (SSSR count). The number of rotatable bonds is 5. The van der Waals surface area contributed by atoms with Gasteiger partial charge in [0.25, 0.3) is 0 Å². The van der Waals surface area contributed by atoms with Gasteiger partial charge in [-0.1, -0.05) is 12.1 Å². The molecule has 1 unspecified atom stereocenters. The fourth-order valence-corrected chi connectivity index (χ4v) is 2.66. The normalized spacial score (nSPS) is 12.7. The lowest BCUT2D eigenvalue weighted by Crippen LogP contribution is -2.27. The van der Waals surface area contributed by atoms with E-state index in [0.717, 1.165) is 22.6 Å². The van der Waals surface area contributed by atoms with Crippen molar-refractivity contribution >= 4 is 11.3 Å². The minimum absolute atomic E-state index is 0.113. The van der Waals surface area contributed by atoms with Gasteiger partial charge in [-0.25, -0.2) is 13.9 Å². The molecule has 0 bridgehead atoms. The highest BCUT2D eigenvalue weighted by atomic mass is 19.1. The number of hydrogen-bond acceptors (Lipinski definition) is 4. The van der Waals surface area contributed by atoms with Crippen molar-refractivity contribution in [3.8, 4) is 0 Å². The van der Waals surface area contributed by atoms with Crippen molar-refractivity contribution in [2.45, 2.75) is 13.0 Å². The molecule has 1 N–H and O–H groups in total. The fourth-order valence-electron chi connectivity index (χ4n) is 2.66. The molecule has 1 aromatic carbocycles. The number of nitrogens with zero attached hydrogens (tertiary/aromatic N) is 4. The third kappa shape index (κ3) is 3.32. The average Bonchev–Trinajstić information content (AvgIpc) is 2.90. The molecule has 0 fully saturated rings. The largest absolute Gasteiger partial charge is 0.366 e. The Labute approximate surface area is 134 Å². The maximum absolute atomic E-state index is 13.1. The van der Waals surface area contributed by atoms with Crippen LogP contribution in [-0.4, -0.2) is 40.1 Å². The summed E-state index contributed by atoms with van der Waals surface area (Å²) in [5.74, 6) is 0.572. The van der Waals surface area contributed by atoms with Crippen LogP contribution in [0, 0.1) is 12.7 Å². The Hall–Kier alpha value is -2.47. The molecule has 23 heavy (non-hydrogen) atoms. The maximum atomic E-state index is 13.1. The van der Waals surface area contributed by atoms with E-state index in [4.69, 9.17) is 0 Å². The van der Waals surface area contributed by atoms with E-state index in [2.05, 4.69) is 20.3 Å². The molecule has 2 heterocycles. The number of hydrogen-bond donors (Lipinski definition) is 1. The number of benzene rings is 1. The van der Waals surface area contributed by atoms with E-state index in [0.29, 0.717) is 6.54 Å². The Morgan fingerprint density at radius 1 is 1.26 bits per heavy atom. The van der Waals surface area contributed by atoms with Crippen LogP contribution in [0.3, 0.4) is 0 Å². The summed E-state index contributed by atoms with van der Waals surface area (Å²) in [4.78, 5) is 6.51. The van der Waals surface area contributed by atoms with Crippen LogP contribution in [0.4, 0.5) is 10.2 Å². The second kappa shape index (κ2) is 6.34. The summed E-state index contributed by atoms with van der Waals surface area (Å²) in [7, 11) is 4.01. The van der Waals surface area contributed by atoms with Crippen LogP contribution in [0.25, 0.3) is 5.52 Å². The fraction of sp³-hybridized carbons (Fsp3) is 0.294. The third-order valence-electron chi connectivity index (χ3n) is 3.85. The number of aryl methyl sites for hydroxylation is 1. The topological polar surface area (TPSA) is 45.5 Å². The maximum Gasteiger partial charge on any atom is 0.152 e. The molecule has 0 aliphatic rings. The Balaban J connectivity index is 1.82. The highest BCUT2D eigenvalue weighted by Crippen LogP contribution is 2.21. The van der Waals surface area contributed by atoms with Gasteiger partial charge in [-0.3, -0.25) is 0 Å². The van der Waals surface area contributed by atoms with E-state index in [9.17, 15) is 4.39 Å². The minimum Gasteiger partial charge on any atom is -0.366 e. The van der Waals surface area contributed by atoms with Gasteiger partial charge in [0, 0.05) is 18.9 Å². The van der Waals surface area contributed by atoms with Crippen molar-refractivity contribution in [2.75, 3.05) is 26.0 Å². The molecule has 0 saturated heterocycles. The molecule has 0 spiro atoms. The van der Waals surface area contributed by atoms with Gasteiger partial charge in [-0.05, 0) is 44.8 Å². The van der Waals surface area contributed by atoms with Crippen LogP contribution in [0.15, 0.2) is 42.7 Å². The minimum atomic E-state index is -0.222. The van der Waals surface area contributed by atoms with E-state index in [-0.39, 0.29) is 11.9 Å². The van der Waals surface area contributed by atoms with E-state index in [1.807, 2.05) is 49.9 Å². The number of nitrogens with one attached hydrogen (secondary N) is 1. The Morgan fingerprint density at radius 2 is 2.00 bits per heavy atom. The van der Waals surface area contributed by atoms with Crippen LogP contribution in [0.1, 0.15) is 17.3 Å². The first-order valence-corrected chi connectivity index (χ1v) is 7.51. The summed E-state index contributed by atoms with van der Waals surface area (Å²) in [6, 6.07) is 8.73. The zero-order valence-corrected chi connectivity index (χ0v) is 13.5. The summed E-state index contributed by atoms with van der Waals surface area (Å²) in [6.45, 7) is 2.62. The molecular formula is C17H20FN5. The number of fused-ring (bicyclic) bond motifs is 1. The molecule has 6 heteroatoms. The molecule has 0 aliphatic heterocycles. The van der Waals surface area contributed by atoms with Crippen molar-refractivity contribution in [1.29, 1.82) is 0 Å². The smallest absolute Gasteiger partial charge is 0.152 e. The molecule has 0 radical (unpaired) electrons. The second-order valence-corrected chi connectivity index (χ2v) is 5.80. The molecule has 5 nitrogen and oxygen atoms in total. The zero-order chi connectivity index (χ0) is 16.4. The first-order chi connectivity index (χ1) is 11.0. The van der Waals surface area contributed by atoms with Crippen LogP contribution >= 0.6 is 0 Å². The van der Waals surface area contributed by atoms with E-state index in [1.165, 1.54) is 12.1 Å². The molecule has 120 valence electrons. The van der Waals surface area contributed by atoms with E-state index >= 15 is 0 Å². The van der Waals surface area contributed by atoms with E-state index < -0.39 is 0 Å². The Kier molecular flexibility index (Phi) is 4.25. The summed E-state index contributed by atoms with van der Waals surface area (Å²) in [5.41, 5.74) is 2.95. The lowest BCUT2D eigenvalue weighted by molar-refractivity contribution is 0.311. The summed E-state index contributed by atoms with van der Waals surface area (Å²) in [5, 5.41) is 7.78.